The Morgan fingerprint density at radius 1 is 1.30 bits per heavy atom. The van der Waals surface area contributed by atoms with Gasteiger partial charge in [0.15, 0.2) is 15.8 Å². The molecule has 1 saturated heterocycles. The van der Waals surface area contributed by atoms with Gasteiger partial charge in [-0.2, -0.15) is 0 Å². The number of hydrogen-bond acceptors (Lipinski definition) is 5. The number of sulfone groups is 1. The van der Waals surface area contributed by atoms with Crippen molar-refractivity contribution in [3.63, 3.8) is 0 Å². The first-order valence-electron chi connectivity index (χ1n) is 9.73. The summed E-state index contributed by atoms with van der Waals surface area (Å²) in [6.07, 6.45) is 7.13. The minimum Gasteiger partial charge on any atom is -0.357 e. The first kappa shape index (κ1) is 22.4. The molecule has 0 amide bonds. The molecular weight excluding hydrogens is 479 g/mol. The van der Waals surface area contributed by atoms with E-state index in [0.717, 1.165) is 44.0 Å². The maximum Gasteiger partial charge on any atom is 0.191 e. The molecule has 0 bridgehead atoms. The van der Waals surface area contributed by atoms with Crippen LogP contribution in [0.3, 0.4) is 0 Å². The summed E-state index contributed by atoms with van der Waals surface area (Å²) in [5.74, 6) is 3.36. The van der Waals surface area contributed by atoms with E-state index in [-0.39, 0.29) is 41.5 Å². The van der Waals surface area contributed by atoms with Crippen LogP contribution in [0.1, 0.15) is 50.7 Å². The summed E-state index contributed by atoms with van der Waals surface area (Å²) in [6, 6.07) is -0.0370. The first-order valence-corrected chi connectivity index (χ1v) is 11.6. The maximum atomic E-state index is 11.6. The van der Waals surface area contributed by atoms with Gasteiger partial charge < -0.3 is 15.2 Å². The van der Waals surface area contributed by atoms with E-state index in [1.165, 1.54) is 19.3 Å². The van der Waals surface area contributed by atoms with Crippen LogP contribution in [0.4, 0.5) is 0 Å². The van der Waals surface area contributed by atoms with Crippen molar-refractivity contribution in [3.05, 3.63) is 11.6 Å². The van der Waals surface area contributed by atoms with Gasteiger partial charge in [-0.05, 0) is 32.6 Å². The molecule has 2 N–H and O–H groups in total. The van der Waals surface area contributed by atoms with Crippen LogP contribution in [0.25, 0.3) is 0 Å². The molecule has 1 fully saturated rings. The van der Waals surface area contributed by atoms with Crippen LogP contribution in [0.5, 0.6) is 0 Å². The highest BCUT2D eigenvalue weighted by atomic mass is 127. The van der Waals surface area contributed by atoms with Crippen LogP contribution in [0, 0.1) is 0 Å². The maximum absolute atomic E-state index is 11.6. The number of fused-ring (bicyclic) bond motifs is 1. The van der Waals surface area contributed by atoms with Gasteiger partial charge in [0, 0.05) is 38.5 Å². The second-order valence-corrected chi connectivity index (χ2v) is 9.33. The average Bonchev–Trinajstić information content (AvgIpc) is 3.05. The average molecular weight is 510 g/mol. The number of nitrogens with zero attached hydrogens (tertiary/aromatic N) is 4. The summed E-state index contributed by atoms with van der Waals surface area (Å²) in [6.45, 7) is 4.47. The van der Waals surface area contributed by atoms with E-state index in [4.69, 9.17) is 0 Å². The van der Waals surface area contributed by atoms with Crippen molar-refractivity contribution in [2.75, 3.05) is 24.6 Å². The highest BCUT2D eigenvalue weighted by Gasteiger charge is 2.28. The second kappa shape index (κ2) is 10.6. The van der Waals surface area contributed by atoms with Crippen LogP contribution < -0.4 is 10.6 Å². The number of aryl methyl sites for hydroxylation is 2. The number of guanidine groups is 1. The molecule has 0 radical (unpaired) electrons. The summed E-state index contributed by atoms with van der Waals surface area (Å²) >= 11 is 0. The molecule has 154 valence electrons. The van der Waals surface area contributed by atoms with Gasteiger partial charge in [0.1, 0.15) is 11.6 Å². The normalized spacial score (nSPS) is 21.8. The number of hydrogen-bond donors (Lipinski definition) is 2. The predicted molar refractivity (Wildman–Crippen MR) is 117 cm³/mol. The predicted octanol–water partition coefficient (Wildman–Crippen LogP) is 1.30. The Hall–Kier alpha value is -0.910. The third-order valence-corrected chi connectivity index (χ3v) is 6.70. The van der Waals surface area contributed by atoms with Crippen LogP contribution >= 0.6 is 24.0 Å². The highest BCUT2D eigenvalue weighted by Crippen LogP contribution is 2.15. The lowest BCUT2D eigenvalue weighted by atomic mass is 10.2. The number of aliphatic imine (C=N–C) groups is 1. The fraction of sp³-hybridized carbons (Fsp3) is 0.824. The zero-order valence-electron chi connectivity index (χ0n) is 16.0. The zero-order valence-corrected chi connectivity index (χ0v) is 19.1. The monoisotopic (exact) mass is 510 g/mol. The molecule has 0 saturated carbocycles. The lowest BCUT2D eigenvalue weighted by Gasteiger charge is -2.15. The smallest absolute Gasteiger partial charge is 0.191 e. The summed E-state index contributed by atoms with van der Waals surface area (Å²) < 4.78 is 25.5. The van der Waals surface area contributed by atoms with E-state index in [2.05, 4.69) is 30.4 Å². The molecule has 3 rings (SSSR count). The van der Waals surface area contributed by atoms with Gasteiger partial charge in [-0.3, -0.25) is 4.99 Å². The van der Waals surface area contributed by atoms with Crippen molar-refractivity contribution < 1.29 is 8.42 Å². The molecule has 1 atom stereocenters. The minimum absolute atomic E-state index is 0. The molecule has 0 aromatic carbocycles. The van der Waals surface area contributed by atoms with Crippen molar-refractivity contribution in [2.45, 2.75) is 64.5 Å². The minimum atomic E-state index is -2.89. The van der Waals surface area contributed by atoms with Crippen LogP contribution in [0.2, 0.25) is 0 Å². The highest BCUT2D eigenvalue weighted by molar-refractivity contribution is 14.0. The molecule has 3 heterocycles. The van der Waals surface area contributed by atoms with Gasteiger partial charge in [0.2, 0.25) is 0 Å². The van der Waals surface area contributed by atoms with Crippen molar-refractivity contribution >= 4 is 39.8 Å². The topological polar surface area (TPSA) is 101 Å². The third-order valence-electron chi connectivity index (χ3n) is 4.93. The Bertz CT molecular complexity index is 734. The van der Waals surface area contributed by atoms with E-state index in [0.29, 0.717) is 18.9 Å². The summed E-state index contributed by atoms with van der Waals surface area (Å²) in [5, 5.41) is 15.1. The second-order valence-electron chi connectivity index (χ2n) is 7.10. The summed E-state index contributed by atoms with van der Waals surface area (Å²) in [7, 11) is -2.89. The molecule has 1 aromatic rings. The molecule has 10 heteroatoms. The Balaban J connectivity index is 0.00000261. The molecular formula is C17H31IN6O2S. The molecule has 27 heavy (non-hydrogen) atoms. The molecule has 0 aliphatic carbocycles. The lowest BCUT2D eigenvalue weighted by molar-refractivity contribution is 0.596. The van der Waals surface area contributed by atoms with Gasteiger partial charge in [-0.15, -0.1) is 34.2 Å². The van der Waals surface area contributed by atoms with Gasteiger partial charge in [0.25, 0.3) is 0 Å². The number of rotatable bonds is 6. The first-order chi connectivity index (χ1) is 12.6. The zero-order chi connectivity index (χ0) is 18.4. The summed E-state index contributed by atoms with van der Waals surface area (Å²) in [4.78, 5) is 4.60. The number of halogens is 1. The molecule has 0 spiro atoms. The Morgan fingerprint density at radius 2 is 2.15 bits per heavy atom. The van der Waals surface area contributed by atoms with Crippen molar-refractivity contribution in [1.29, 1.82) is 0 Å². The number of aromatic nitrogens is 3. The van der Waals surface area contributed by atoms with E-state index in [9.17, 15) is 8.42 Å². The van der Waals surface area contributed by atoms with Crippen molar-refractivity contribution in [2.24, 2.45) is 4.99 Å². The van der Waals surface area contributed by atoms with E-state index >= 15 is 0 Å². The van der Waals surface area contributed by atoms with Gasteiger partial charge in [-0.1, -0.05) is 6.42 Å². The lowest BCUT2D eigenvalue weighted by Crippen LogP contribution is -2.44. The fourth-order valence-electron chi connectivity index (χ4n) is 3.58. The molecule has 2 aliphatic heterocycles. The molecule has 1 unspecified atom stereocenters. The van der Waals surface area contributed by atoms with Crippen molar-refractivity contribution in [1.82, 2.24) is 25.4 Å². The van der Waals surface area contributed by atoms with Gasteiger partial charge in [0.05, 0.1) is 11.5 Å². The Labute approximate surface area is 178 Å². The van der Waals surface area contributed by atoms with Gasteiger partial charge in [-0.25, -0.2) is 8.42 Å². The van der Waals surface area contributed by atoms with Crippen LogP contribution in [0.15, 0.2) is 4.99 Å². The van der Waals surface area contributed by atoms with E-state index in [1.54, 1.807) is 0 Å². The molecule has 2 aliphatic rings. The third kappa shape index (κ3) is 6.58. The quantitative estimate of drug-likeness (QED) is 0.259. The van der Waals surface area contributed by atoms with Crippen LogP contribution in [-0.2, 0) is 29.2 Å². The standard InChI is InChI=1S/C17H30N6O2S.HI/c1-2-18-17(20-14-9-12-26(24,25)13-14)19-10-6-8-16-22-21-15-7-4-3-5-11-23(15)16;/h14H,2-13H2,1H3,(H2,18,19,20);1H. The molecule has 8 nitrogen and oxygen atoms in total. The SMILES string of the molecule is CCNC(=NCCCc1nnc2n1CCCCC2)NC1CCS(=O)(=O)C1.I. The number of nitrogens with one attached hydrogen (secondary N) is 2. The Morgan fingerprint density at radius 3 is 2.89 bits per heavy atom. The van der Waals surface area contributed by atoms with Crippen LogP contribution in [-0.4, -0.2) is 59.8 Å². The molecule has 1 aromatic heterocycles. The summed E-state index contributed by atoms with van der Waals surface area (Å²) in [5.41, 5.74) is 0. The Kier molecular flexibility index (Phi) is 8.77. The van der Waals surface area contributed by atoms with Crippen molar-refractivity contribution in [3.8, 4) is 0 Å². The van der Waals surface area contributed by atoms with E-state index < -0.39 is 9.84 Å². The fourth-order valence-corrected chi connectivity index (χ4v) is 5.25. The van der Waals surface area contributed by atoms with E-state index in [1.807, 2.05) is 6.92 Å². The van der Waals surface area contributed by atoms with Gasteiger partial charge >= 0.3 is 0 Å². The largest absolute Gasteiger partial charge is 0.357 e.